The standard InChI is InChI=1S/C15H14BrN3O/c1-8(18-9(2)20)13-15-11(6-7-17-13)10-4-3-5-12(16)14(10)19-15/h3-8,19H,1-2H3,(H,18,20). The van der Waals surface area contributed by atoms with E-state index in [4.69, 9.17) is 0 Å². The summed E-state index contributed by atoms with van der Waals surface area (Å²) in [5.41, 5.74) is 2.86. The molecule has 2 aromatic heterocycles. The Morgan fingerprint density at radius 3 is 2.80 bits per heavy atom. The lowest BCUT2D eigenvalue weighted by Crippen LogP contribution is -2.24. The van der Waals surface area contributed by atoms with Gasteiger partial charge in [-0.05, 0) is 35.0 Å². The number of para-hydroxylation sites is 1. The molecule has 2 N–H and O–H groups in total. The summed E-state index contributed by atoms with van der Waals surface area (Å²) in [6.07, 6.45) is 1.78. The number of carbonyl (C=O) groups is 1. The molecule has 0 aliphatic carbocycles. The molecule has 4 nitrogen and oxygen atoms in total. The molecule has 0 fully saturated rings. The molecule has 102 valence electrons. The number of nitrogens with one attached hydrogen (secondary N) is 2. The fraction of sp³-hybridized carbons (Fsp3) is 0.200. The highest BCUT2D eigenvalue weighted by Crippen LogP contribution is 2.32. The molecule has 0 saturated carbocycles. The van der Waals surface area contributed by atoms with Crippen LogP contribution < -0.4 is 5.32 Å². The molecule has 5 heteroatoms. The predicted octanol–water partition coefficient (Wildman–Crippen LogP) is 3.68. The van der Waals surface area contributed by atoms with Gasteiger partial charge in [-0.15, -0.1) is 0 Å². The van der Waals surface area contributed by atoms with E-state index >= 15 is 0 Å². The first-order chi connectivity index (χ1) is 9.58. The van der Waals surface area contributed by atoms with Gasteiger partial charge < -0.3 is 10.3 Å². The lowest BCUT2D eigenvalue weighted by Gasteiger charge is -2.12. The molecule has 1 unspecified atom stereocenters. The van der Waals surface area contributed by atoms with Crippen LogP contribution in [-0.2, 0) is 4.79 Å². The number of fused-ring (bicyclic) bond motifs is 3. The second kappa shape index (κ2) is 4.90. The van der Waals surface area contributed by atoms with E-state index in [0.29, 0.717) is 0 Å². The van der Waals surface area contributed by atoms with E-state index in [1.54, 1.807) is 6.20 Å². The van der Waals surface area contributed by atoms with Crippen LogP contribution >= 0.6 is 15.9 Å². The van der Waals surface area contributed by atoms with Gasteiger partial charge >= 0.3 is 0 Å². The number of hydrogen-bond acceptors (Lipinski definition) is 2. The molecule has 3 rings (SSSR count). The molecule has 20 heavy (non-hydrogen) atoms. The van der Waals surface area contributed by atoms with Crippen LogP contribution in [0.15, 0.2) is 34.9 Å². The number of hydrogen-bond donors (Lipinski definition) is 2. The Morgan fingerprint density at radius 1 is 1.30 bits per heavy atom. The van der Waals surface area contributed by atoms with Gasteiger partial charge in [0.25, 0.3) is 0 Å². The van der Waals surface area contributed by atoms with Crippen LogP contribution in [0.2, 0.25) is 0 Å². The minimum absolute atomic E-state index is 0.0615. The summed E-state index contributed by atoms with van der Waals surface area (Å²) in [6.45, 7) is 3.45. The van der Waals surface area contributed by atoms with E-state index in [1.807, 2.05) is 25.1 Å². The number of aromatic nitrogens is 2. The fourth-order valence-electron chi connectivity index (χ4n) is 2.54. The molecule has 2 heterocycles. The molecular formula is C15H14BrN3O. The van der Waals surface area contributed by atoms with E-state index in [0.717, 1.165) is 32.0 Å². The summed E-state index contributed by atoms with van der Waals surface area (Å²) in [5.74, 6) is -0.0615. The number of nitrogens with zero attached hydrogens (tertiary/aromatic N) is 1. The summed E-state index contributed by atoms with van der Waals surface area (Å²) in [4.78, 5) is 19.1. The third-order valence-electron chi connectivity index (χ3n) is 3.36. The Balaban J connectivity index is 2.27. The SMILES string of the molecule is CC(=O)NC(C)c1nccc2c1[nH]c1c(Br)cccc12. The number of H-pyrrole nitrogens is 1. The van der Waals surface area contributed by atoms with E-state index in [9.17, 15) is 4.79 Å². The summed E-state index contributed by atoms with van der Waals surface area (Å²) >= 11 is 3.56. The molecule has 0 saturated heterocycles. The summed E-state index contributed by atoms with van der Waals surface area (Å²) in [6, 6.07) is 7.94. The zero-order chi connectivity index (χ0) is 14.3. The first-order valence-electron chi connectivity index (χ1n) is 6.40. The highest BCUT2D eigenvalue weighted by Gasteiger charge is 2.15. The van der Waals surface area contributed by atoms with Gasteiger partial charge in [0.2, 0.25) is 5.91 Å². The van der Waals surface area contributed by atoms with E-state index in [-0.39, 0.29) is 11.9 Å². The second-order valence-electron chi connectivity index (χ2n) is 4.83. The lowest BCUT2D eigenvalue weighted by atomic mass is 10.1. The van der Waals surface area contributed by atoms with Crippen LogP contribution in [0.3, 0.4) is 0 Å². The second-order valence-corrected chi connectivity index (χ2v) is 5.68. The molecule has 3 aromatic rings. The number of amides is 1. The molecule has 1 amide bonds. The fourth-order valence-corrected chi connectivity index (χ4v) is 3.00. The normalized spacial score (nSPS) is 12.8. The Hall–Kier alpha value is -1.88. The van der Waals surface area contributed by atoms with Crippen molar-refractivity contribution in [3.8, 4) is 0 Å². The number of benzene rings is 1. The minimum Gasteiger partial charge on any atom is -0.352 e. The van der Waals surface area contributed by atoms with Gasteiger partial charge in [0.1, 0.15) is 0 Å². The zero-order valence-corrected chi connectivity index (χ0v) is 12.8. The molecule has 0 bridgehead atoms. The molecular weight excluding hydrogens is 318 g/mol. The number of rotatable bonds is 2. The lowest BCUT2D eigenvalue weighted by molar-refractivity contribution is -0.119. The van der Waals surface area contributed by atoms with Gasteiger partial charge in [-0.1, -0.05) is 12.1 Å². The average Bonchev–Trinajstić information content (AvgIpc) is 2.78. The maximum absolute atomic E-state index is 11.2. The first-order valence-corrected chi connectivity index (χ1v) is 7.19. The maximum atomic E-state index is 11.2. The monoisotopic (exact) mass is 331 g/mol. The van der Waals surface area contributed by atoms with Crippen molar-refractivity contribution < 1.29 is 4.79 Å². The third-order valence-corrected chi connectivity index (χ3v) is 4.02. The molecule has 0 spiro atoms. The topological polar surface area (TPSA) is 57.8 Å². The molecule has 1 atom stereocenters. The molecule has 0 aliphatic rings. The highest BCUT2D eigenvalue weighted by molar-refractivity contribution is 9.10. The van der Waals surface area contributed by atoms with Crippen LogP contribution in [0.5, 0.6) is 0 Å². The maximum Gasteiger partial charge on any atom is 0.217 e. The van der Waals surface area contributed by atoms with Crippen molar-refractivity contribution in [2.45, 2.75) is 19.9 Å². The van der Waals surface area contributed by atoms with Gasteiger partial charge in [0, 0.05) is 28.4 Å². The predicted molar refractivity (Wildman–Crippen MR) is 83.5 cm³/mol. The van der Waals surface area contributed by atoms with Crippen molar-refractivity contribution in [1.82, 2.24) is 15.3 Å². The van der Waals surface area contributed by atoms with Crippen LogP contribution in [0.25, 0.3) is 21.8 Å². The van der Waals surface area contributed by atoms with Crippen LogP contribution in [0.4, 0.5) is 0 Å². The molecule has 0 aliphatic heterocycles. The number of halogens is 1. The van der Waals surface area contributed by atoms with E-state index < -0.39 is 0 Å². The minimum atomic E-state index is -0.136. The van der Waals surface area contributed by atoms with Crippen molar-refractivity contribution in [3.63, 3.8) is 0 Å². The largest absolute Gasteiger partial charge is 0.352 e. The van der Waals surface area contributed by atoms with Gasteiger partial charge in [-0.2, -0.15) is 0 Å². The van der Waals surface area contributed by atoms with Crippen LogP contribution in [-0.4, -0.2) is 15.9 Å². The Labute approximate surface area is 124 Å². The average molecular weight is 332 g/mol. The first kappa shape index (κ1) is 13.1. The van der Waals surface area contributed by atoms with Crippen LogP contribution in [0.1, 0.15) is 25.6 Å². The quantitative estimate of drug-likeness (QED) is 0.752. The summed E-state index contributed by atoms with van der Waals surface area (Å²) < 4.78 is 1.02. The van der Waals surface area contributed by atoms with Crippen molar-refractivity contribution in [3.05, 3.63) is 40.6 Å². The van der Waals surface area contributed by atoms with Crippen molar-refractivity contribution in [2.75, 3.05) is 0 Å². The van der Waals surface area contributed by atoms with Crippen LogP contribution in [0, 0.1) is 0 Å². The highest BCUT2D eigenvalue weighted by atomic mass is 79.9. The summed E-state index contributed by atoms with van der Waals surface area (Å²) in [7, 11) is 0. The molecule has 0 radical (unpaired) electrons. The van der Waals surface area contributed by atoms with E-state index in [2.05, 4.69) is 37.3 Å². The number of pyridine rings is 1. The van der Waals surface area contributed by atoms with Crippen molar-refractivity contribution >= 4 is 43.6 Å². The Kier molecular flexibility index (Phi) is 3.22. The van der Waals surface area contributed by atoms with Crippen molar-refractivity contribution in [1.29, 1.82) is 0 Å². The number of aromatic amines is 1. The van der Waals surface area contributed by atoms with Crippen molar-refractivity contribution in [2.24, 2.45) is 0 Å². The van der Waals surface area contributed by atoms with Gasteiger partial charge in [0.05, 0.1) is 22.8 Å². The smallest absolute Gasteiger partial charge is 0.217 e. The third kappa shape index (κ3) is 2.08. The number of carbonyl (C=O) groups excluding carboxylic acids is 1. The molecule has 1 aromatic carbocycles. The van der Waals surface area contributed by atoms with Gasteiger partial charge in [-0.25, -0.2) is 0 Å². The van der Waals surface area contributed by atoms with E-state index in [1.165, 1.54) is 6.92 Å². The Morgan fingerprint density at radius 2 is 2.05 bits per heavy atom. The van der Waals surface area contributed by atoms with Gasteiger partial charge in [0.15, 0.2) is 0 Å². The zero-order valence-electron chi connectivity index (χ0n) is 11.2. The summed E-state index contributed by atoms with van der Waals surface area (Å²) in [5, 5.41) is 5.14. The van der Waals surface area contributed by atoms with Gasteiger partial charge in [-0.3, -0.25) is 9.78 Å². The Bertz CT molecular complexity index is 809.